The normalized spacial score (nSPS) is 10.4. The maximum absolute atomic E-state index is 11.3. The Balaban J connectivity index is 2.02. The maximum Gasteiger partial charge on any atom is 0.308 e. The number of aromatic nitrogens is 2. The van der Waals surface area contributed by atoms with Gasteiger partial charge in [-0.1, -0.05) is 17.3 Å². The van der Waals surface area contributed by atoms with Gasteiger partial charge in [-0.25, -0.2) is 0 Å². The molecule has 0 aliphatic carbocycles. The molecule has 0 saturated heterocycles. The third kappa shape index (κ3) is 3.69. The van der Waals surface area contributed by atoms with Gasteiger partial charge in [0.05, 0.1) is 11.1 Å². The quantitative estimate of drug-likeness (QED) is 0.432. The van der Waals surface area contributed by atoms with E-state index in [-0.39, 0.29) is 17.5 Å². The number of nitrogens with zero attached hydrogens (tertiary/aromatic N) is 2. The van der Waals surface area contributed by atoms with Gasteiger partial charge in [0.1, 0.15) is 11.5 Å². The van der Waals surface area contributed by atoms with Gasteiger partial charge in [-0.05, 0) is 24.3 Å². The van der Waals surface area contributed by atoms with E-state index in [0.29, 0.717) is 22.6 Å². The summed E-state index contributed by atoms with van der Waals surface area (Å²) >= 11 is 0. The molecule has 3 aromatic rings. The summed E-state index contributed by atoms with van der Waals surface area (Å²) < 4.78 is 15.6. The van der Waals surface area contributed by atoms with E-state index in [4.69, 9.17) is 19.7 Å². The molecule has 1 heterocycles. The number of carbonyl (C=O) groups is 2. The largest absolute Gasteiger partial charge is 0.426 e. The van der Waals surface area contributed by atoms with Gasteiger partial charge in [0.25, 0.3) is 5.89 Å². The Bertz CT molecular complexity index is 980. The minimum atomic E-state index is -0.503. The van der Waals surface area contributed by atoms with Gasteiger partial charge >= 0.3 is 11.9 Å². The number of para-hydroxylation sites is 1. The summed E-state index contributed by atoms with van der Waals surface area (Å²) in [5, 5.41) is 3.92. The van der Waals surface area contributed by atoms with Gasteiger partial charge in [0, 0.05) is 25.6 Å². The average Bonchev–Trinajstić information content (AvgIpc) is 3.04. The Morgan fingerprint density at radius 2 is 1.65 bits per heavy atom. The second kappa shape index (κ2) is 7.06. The van der Waals surface area contributed by atoms with Crippen LogP contribution in [0.4, 0.5) is 5.69 Å². The van der Waals surface area contributed by atoms with Crippen LogP contribution in [0.5, 0.6) is 11.5 Å². The molecule has 1 aromatic heterocycles. The molecule has 0 aliphatic rings. The van der Waals surface area contributed by atoms with E-state index >= 15 is 0 Å². The number of benzene rings is 2. The number of rotatable bonds is 4. The zero-order valence-electron chi connectivity index (χ0n) is 14.1. The first-order chi connectivity index (χ1) is 12.4. The molecule has 0 aliphatic heterocycles. The third-order valence-electron chi connectivity index (χ3n) is 3.30. The second-order valence-corrected chi connectivity index (χ2v) is 5.36. The van der Waals surface area contributed by atoms with Crippen LogP contribution in [-0.2, 0) is 9.59 Å². The predicted octanol–water partition coefficient (Wildman–Crippen LogP) is 2.84. The molecule has 0 unspecified atom stereocenters. The van der Waals surface area contributed by atoms with Crippen molar-refractivity contribution in [2.24, 2.45) is 0 Å². The number of esters is 2. The molecule has 0 amide bonds. The highest BCUT2D eigenvalue weighted by atomic mass is 16.5. The zero-order chi connectivity index (χ0) is 18.7. The highest BCUT2D eigenvalue weighted by molar-refractivity contribution is 5.77. The molecule has 26 heavy (non-hydrogen) atoms. The maximum atomic E-state index is 11.3. The Morgan fingerprint density at radius 1 is 0.962 bits per heavy atom. The number of ether oxygens (including phenoxy) is 2. The minimum Gasteiger partial charge on any atom is -0.426 e. The lowest BCUT2D eigenvalue weighted by Crippen LogP contribution is -2.03. The van der Waals surface area contributed by atoms with Gasteiger partial charge in [0.2, 0.25) is 5.82 Å². The number of nitrogen functional groups attached to an aromatic ring is 1. The molecule has 0 bridgehead atoms. The molecule has 2 aromatic carbocycles. The van der Waals surface area contributed by atoms with Gasteiger partial charge in [0.15, 0.2) is 0 Å². The number of hydrogen-bond acceptors (Lipinski definition) is 8. The van der Waals surface area contributed by atoms with E-state index in [0.717, 1.165) is 0 Å². The van der Waals surface area contributed by atoms with Crippen LogP contribution >= 0.6 is 0 Å². The highest BCUT2D eigenvalue weighted by Gasteiger charge is 2.19. The van der Waals surface area contributed by atoms with Crippen LogP contribution in [0.25, 0.3) is 22.8 Å². The number of nitrogens with two attached hydrogens (primary N) is 1. The highest BCUT2D eigenvalue weighted by Crippen LogP contribution is 2.34. The fraction of sp³-hybridized carbons (Fsp3) is 0.111. The zero-order valence-corrected chi connectivity index (χ0v) is 14.1. The third-order valence-corrected chi connectivity index (χ3v) is 3.30. The van der Waals surface area contributed by atoms with Crippen LogP contribution in [-0.4, -0.2) is 22.1 Å². The Kier molecular flexibility index (Phi) is 4.66. The molecule has 3 rings (SSSR count). The summed E-state index contributed by atoms with van der Waals surface area (Å²) in [6.07, 6.45) is 0. The first-order valence-corrected chi connectivity index (χ1v) is 7.64. The van der Waals surface area contributed by atoms with E-state index < -0.39 is 11.9 Å². The summed E-state index contributed by atoms with van der Waals surface area (Å²) in [5.41, 5.74) is 7.06. The lowest BCUT2D eigenvalue weighted by molar-refractivity contribution is -0.132. The fourth-order valence-corrected chi connectivity index (χ4v) is 2.29. The number of anilines is 1. The van der Waals surface area contributed by atoms with Crippen molar-refractivity contribution in [3.05, 3.63) is 42.5 Å². The lowest BCUT2D eigenvalue weighted by Gasteiger charge is -2.06. The van der Waals surface area contributed by atoms with E-state index in [1.54, 1.807) is 36.4 Å². The Hall–Kier alpha value is -3.68. The molecule has 8 heteroatoms. The summed E-state index contributed by atoms with van der Waals surface area (Å²) in [4.78, 5) is 26.9. The monoisotopic (exact) mass is 353 g/mol. The summed E-state index contributed by atoms with van der Waals surface area (Å²) in [5.74, 6) is -0.0872. The first kappa shape index (κ1) is 17.2. The van der Waals surface area contributed by atoms with Crippen molar-refractivity contribution in [2.75, 3.05) is 5.73 Å². The molecule has 8 nitrogen and oxygen atoms in total. The van der Waals surface area contributed by atoms with Gasteiger partial charge in [-0.15, -0.1) is 0 Å². The number of carbonyl (C=O) groups excluding carboxylic acids is 2. The average molecular weight is 353 g/mol. The molecule has 2 N–H and O–H groups in total. The fourth-order valence-electron chi connectivity index (χ4n) is 2.29. The van der Waals surface area contributed by atoms with Crippen LogP contribution in [0.1, 0.15) is 13.8 Å². The lowest BCUT2D eigenvalue weighted by atomic mass is 10.1. The van der Waals surface area contributed by atoms with E-state index in [2.05, 4.69) is 10.1 Å². The van der Waals surface area contributed by atoms with Gasteiger partial charge in [-0.3, -0.25) is 9.59 Å². The van der Waals surface area contributed by atoms with Crippen molar-refractivity contribution in [1.29, 1.82) is 0 Å². The van der Waals surface area contributed by atoms with Crippen LogP contribution in [0, 0.1) is 0 Å². The Morgan fingerprint density at radius 3 is 2.38 bits per heavy atom. The topological polar surface area (TPSA) is 118 Å². The van der Waals surface area contributed by atoms with E-state index in [9.17, 15) is 9.59 Å². The summed E-state index contributed by atoms with van der Waals surface area (Å²) in [7, 11) is 0. The van der Waals surface area contributed by atoms with Gasteiger partial charge in [-0.2, -0.15) is 4.98 Å². The molecular weight excluding hydrogens is 338 g/mol. The van der Waals surface area contributed by atoms with Crippen LogP contribution in [0.2, 0.25) is 0 Å². The molecule has 0 radical (unpaired) electrons. The molecule has 0 fully saturated rings. The van der Waals surface area contributed by atoms with Crippen LogP contribution in [0.15, 0.2) is 47.0 Å². The predicted molar refractivity (Wildman–Crippen MR) is 92.2 cm³/mol. The molecule has 0 saturated carbocycles. The van der Waals surface area contributed by atoms with Crippen molar-refractivity contribution in [1.82, 2.24) is 10.1 Å². The van der Waals surface area contributed by atoms with Crippen molar-refractivity contribution >= 4 is 17.6 Å². The molecule has 132 valence electrons. The summed E-state index contributed by atoms with van der Waals surface area (Å²) in [6, 6.07) is 11.5. The van der Waals surface area contributed by atoms with Crippen molar-refractivity contribution in [3.8, 4) is 34.3 Å². The van der Waals surface area contributed by atoms with Crippen molar-refractivity contribution < 1.29 is 23.6 Å². The molecule has 0 atom stereocenters. The van der Waals surface area contributed by atoms with Gasteiger partial charge < -0.3 is 19.7 Å². The number of hydrogen-bond donors (Lipinski definition) is 1. The van der Waals surface area contributed by atoms with E-state index in [1.807, 2.05) is 0 Å². The minimum absolute atomic E-state index is 0.133. The van der Waals surface area contributed by atoms with Crippen molar-refractivity contribution in [3.63, 3.8) is 0 Å². The second-order valence-electron chi connectivity index (χ2n) is 5.36. The van der Waals surface area contributed by atoms with Crippen LogP contribution in [0.3, 0.4) is 0 Å². The Labute approximate surface area is 148 Å². The van der Waals surface area contributed by atoms with E-state index in [1.165, 1.54) is 19.9 Å². The molecular formula is C18H15N3O5. The van der Waals surface area contributed by atoms with Crippen LogP contribution < -0.4 is 15.2 Å². The SMILES string of the molecule is CC(=O)Oc1ccccc1-c1noc(-c2ccc(N)cc2OC(C)=O)n1. The standard InChI is InChI=1S/C18H15N3O5/c1-10(22)24-15-6-4-3-5-13(15)17-20-18(26-21-17)14-8-7-12(19)9-16(14)25-11(2)23/h3-9H,19H2,1-2H3. The van der Waals surface area contributed by atoms with Crippen molar-refractivity contribution in [2.45, 2.75) is 13.8 Å². The summed E-state index contributed by atoms with van der Waals surface area (Å²) in [6.45, 7) is 2.58. The molecule has 0 spiro atoms. The first-order valence-electron chi connectivity index (χ1n) is 7.64. The smallest absolute Gasteiger partial charge is 0.308 e.